The number of carbonyl (C=O) groups excluding carboxylic acids is 2. The first kappa shape index (κ1) is 43.8. The molecule has 0 aromatic heterocycles. The molecule has 0 spiro atoms. The summed E-state index contributed by atoms with van der Waals surface area (Å²) in [6, 6.07) is 13.1. The Kier molecular flexibility index (Phi) is 32.2. The van der Waals surface area contributed by atoms with Crippen LogP contribution in [0.15, 0.2) is 55.1 Å². The standard InChI is InChI=1S/C21H20O5S3.5C2H6/c1-14(29-28-13-27)15-9-11-16(12-10-15)24-20(23)25-18-8-6-5-7-17(18)19(22)26-21(2,3)4;5*1-2/h5-13H,1H2,2-4H3;5*1-2H3. The molecular weight excluding hydrogens is 549 g/mol. The highest BCUT2D eigenvalue weighted by molar-refractivity contribution is 8.85. The number of para-hydroxylation sites is 1. The first-order valence-electron chi connectivity index (χ1n) is 13.5. The number of ether oxygens (including phenoxy) is 3. The van der Waals surface area contributed by atoms with Gasteiger partial charge in [-0.1, -0.05) is 123 Å². The van der Waals surface area contributed by atoms with Crippen molar-refractivity contribution in [3.63, 3.8) is 0 Å². The smallest absolute Gasteiger partial charge is 0.456 e. The van der Waals surface area contributed by atoms with Crippen LogP contribution in [-0.4, -0.2) is 22.4 Å². The van der Waals surface area contributed by atoms with Crippen LogP contribution in [0.5, 0.6) is 11.5 Å². The second kappa shape index (κ2) is 28.7. The van der Waals surface area contributed by atoms with E-state index in [0.29, 0.717) is 5.75 Å². The summed E-state index contributed by atoms with van der Waals surface area (Å²) in [6.07, 6.45) is -0.960. The Labute approximate surface area is 251 Å². The first-order valence-corrected chi connectivity index (χ1v) is 16.2. The third-order valence-electron chi connectivity index (χ3n) is 3.26. The van der Waals surface area contributed by atoms with Gasteiger partial charge in [0.15, 0.2) is 0 Å². The lowest BCUT2D eigenvalue weighted by molar-refractivity contribution is 0.00669. The number of rotatable bonds is 7. The van der Waals surface area contributed by atoms with Gasteiger partial charge in [-0.3, -0.25) is 0 Å². The maximum absolute atomic E-state index is 12.3. The summed E-state index contributed by atoms with van der Waals surface area (Å²) in [6.45, 7) is 29.2. The van der Waals surface area contributed by atoms with E-state index in [1.807, 2.05) is 69.2 Å². The van der Waals surface area contributed by atoms with Crippen molar-refractivity contribution < 1.29 is 23.8 Å². The molecule has 2 rings (SSSR count). The Balaban J connectivity index is -0.000000549. The van der Waals surface area contributed by atoms with E-state index in [1.165, 1.54) is 33.7 Å². The Bertz CT molecular complexity index is 905. The van der Waals surface area contributed by atoms with Gasteiger partial charge in [0, 0.05) is 9.60 Å². The fraction of sp³-hybridized carbons (Fsp3) is 0.452. The average Bonchev–Trinajstić information content (AvgIpc) is 2.97. The van der Waals surface area contributed by atoms with Gasteiger partial charge >= 0.3 is 12.1 Å². The van der Waals surface area contributed by atoms with E-state index >= 15 is 0 Å². The highest BCUT2D eigenvalue weighted by Crippen LogP contribution is 2.35. The minimum atomic E-state index is -0.960. The maximum atomic E-state index is 12.3. The topological polar surface area (TPSA) is 61.8 Å². The quantitative estimate of drug-likeness (QED) is 0.135. The van der Waals surface area contributed by atoms with Crippen molar-refractivity contribution in [3.8, 4) is 11.5 Å². The molecule has 222 valence electrons. The van der Waals surface area contributed by atoms with Gasteiger partial charge in [-0.25, -0.2) is 9.59 Å². The van der Waals surface area contributed by atoms with Crippen LogP contribution < -0.4 is 9.47 Å². The van der Waals surface area contributed by atoms with E-state index in [4.69, 9.17) is 26.4 Å². The van der Waals surface area contributed by atoms with E-state index in [9.17, 15) is 9.59 Å². The number of carbonyl (C=O) groups is 2. The van der Waals surface area contributed by atoms with E-state index in [0.717, 1.165) is 10.5 Å². The van der Waals surface area contributed by atoms with E-state index < -0.39 is 17.7 Å². The lowest BCUT2D eigenvalue weighted by Crippen LogP contribution is -2.24. The van der Waals surface area contributed by atoms with Crippen molar-refractivity contribution >= 4 is 55.5 Å². The predicted molar refractivity (Wildman–Crippen MR) is 179 cm³/mol. The molecule has 0 heterocycles. The summed E-state index contributed by atoms with van der Waals surface area (Å²) in [7, 11) is 2.84. The number of esters is 1. The van der Waals surface area contributed by atoms with Crippen molar-refractivity contribution in [2.45, 2.75) is 95.6 Å². The van der Waals surface area contributed by atoms with Crippen LogP contribution in [0.3, 0.4) is 0 Å². The second-order valence-corrected chi connectivity index (χ2v) is 9.37. The Morgan fingerprint density at radius 3 is 1.74 bits per heavy atom. The normalized spacial score (nSPS) is 8.74. The molecule has 5 nitrogen and oxygen atoms in total. The minimum Gasteiger partial charge on any atom is -0.456 e. The fourth-order valence-electron chi connectivity index (χ4n) is 2.10. The zero-order valence-electron chi connectivity index (χ0n) is 26.2. The molecule has 0 saturated heterocycles. The van der Waals surface area contributed by atoms with E-state index in [2.05, 4.69) is 6.58 Å². The molecule has 0 saturated carbocycles. The maximum Gasteiger partial charge on any atom is 0.519 e. The third-order valence-corrected chi connectivity index (χ3v) is 5.71. The number of benzene rings is 2. The zero-order chi connectivity index (χ0) is 31.4. The summed E-state index contributed by atoms with van der Waals surface area (Å²) < 4.78 is 17.3. The highest BCUT2D eigenvalue weighted by atomic mass is 33.1. The molecule has 0 aliphatic heterocycles. The van der Waals surface area contributed by atoms with E-state index in [1.54, 1.807) is 61.9 Å². The zero-order valence-corrected chi connectivity index (χ0v) is 28.6. The molecule has 39 heavy (non-hydrogen) atoms. The van der Waals surface area contributed by atoms with Gasteiger partial charge < -0.3 is 14.2 Å². The molecule has 2 aromatic carbocycles. The van der Waals surface area contributed by atoms with Gasteiger partial charge in [-0.15, -0.1) is 0 Å². The van der Waals surface area contributed by atoms with Gasteiger partial charge in [-0.2, -0.15) is 0 Å². The van der Waals surface area contributed by atoms with Crippen LogP contribution in [0.25, 0.3) is 4.91 Å². The van der Waals surface area contributed by atoms with E-state index in [-0.39, 0.29) is 11.3 Å². The van der Waals surface area contributed by atoms with Gasteiger partial charge in [0.1, 0.15) is 22.7 Å². The SMILES string of the molecule is C=C(SSC=S)c1ccc(OC(=O)Oc2ccccc2C(=O)OC(C)(C)C)cc1.CC.CC.CC.CC.CC. The summed E-state index contributed by atoms with van der Waals surface area (Å²) in [5.41, 5.74) is 0.353. The lowest BCUT2D eigenvalue weighted by Gasteiger charge is -2.20. The molecule has 0 unspecified atom stereocenters. The summed E-state index contributed by atoms with van der Waals surface area (Å²) in [5.74, 6) is -0.227. The van der Waals surface area contributed by atoms with Crippen LogP contribution in [-0.2, 0) is 4.74 Å². The van der Waals surface area contributed by atoms with Crippen LogP contribution in [0.4, 0.5) is 4.79 Å². The van der Waals surface area contributed by atoms with Gasteiger partial charge in [0.2, 0.25) is 0 Å². The first-order chi connectivity index (χ1) is 18.7. The van der Waals surface area contributed by atoms with Gasteiger partial charge in [0.05, 0.1) is 0 Å². The van der Waals surface area contributed by atoms with Crippen LogP contribution in [0.1, 0.15) is 106 Å². The Morgan fingerprint density at radius 1 is 0.795 bits per heavy atom. The minimum absolute atomic E-state index is 0.0605. The molecule has 0 N–H and O–H groups in total. The molecule has 0 atom stereocenters. The second-order valence-electron chi connectivity index (χ2n) is 6.68. The fourth-order valence-corrected chi connectivity index (χ4v) is 3.60. The largest absolute Gasteiger partial charge is 0.519 e. The van der Waals surface area contributed by atoms with Gasteiger partial charge in [-0.05, 0) is 61.4 Å². The van der Waals surface area contributed by atoms with Crippen LogP contribution >= 0.6 is 33.8 Å². The summed E-state index contributed by atoms with van der Waals surface area (Å²) >= 11 is 4.77. The highest BCUT2D eigenvalue weighted by Gasteiger charge is 2.22. The lowest BCUT2D eigenvalue weighted by atomic mass is 10.1. The molecule has 0 radical (unpaired) electrons. The number of thiocarbonyl (C=S) groups is 1. The summed E-state index contributed by atoms with van der Waals surface area (Å²) in [5, 5.41) is 0. The third kappa shape index (κ3) is 21.2. The number of hydrogen-bond acceptors (Lipinski definition) is 8. The van der Waals surface area contributed by atoms with Crippen LogP contribution in [0.2, 0.25) is 0 Å². The average molecular weight is 599 g/mol. The molecule has 0 fully saturated rings. The Morgan fingerprint density at radius 2 is 1.28 bits per heavy atom. The molecular formula is C31H50O5S3. The number of hydrogen-bond donors (Lipinski definition) is 0. The molecule has 0 amide bonds. The van der Waals surface area contributed by atoms with Crippen molar-refractivity contribution in [1.82, 2.24) is 0 Å². The molecule has 0 aliphatic carbocycles. The van der Waals surface area contributed by atoms with Crippen LogP contribution in [0, 0.1) is 0 Å². The molecule has 2 aromatic rings. The Hall–Kier alpha value is -2.29. The predicted octanol–water partition coefficient (Wildman–Crippen LogP) is 11.7. The van der Waals surface area contributed by atoms with Crippen molar-refractivity contribution in [1.29, 1.82) is 0 Å². The molecule has 0 bridgehead atoms. The van der Waals surface area contributed by atoms with Crippen molar-refractivity contribution in [3.05, 3.63) is 66.2 Å². The van der Waals surface area contributed by atoms with Crippen molar-refractivity contribution in [2.75, 3.05) is 0 Å². The summed E-state index contributed by atoms with van der Waals surface area (Å²) in [4.78, 5) is 25.3. The van der Waals surface area contributed by atoms with Gasteiger partial charge in [0.25, 0.3) is 0 Å². The molecule has 0 aliphatic rings. The molecule has 8 heteroatoms. The monoisotopic (exact) mass is 598 g/mol. The van der Waals surface area contributed by atoms with Crippen molar-refractivity contribution in [2.24, 2.45) is 0 Å².